The number of hydrogen-bond donors (Lipinski definition) is 1. The number of aromatic amines is 1. The van der Waals surface area contributed by atoms with E-state index < -0.39 is 0 Å². The number of halogens is 1. The maximum absolute atomic E-state index is 5.27. The predicted octanol–water partition coefficient (Wildman–Crippen LogP) is 3.63. The third kappa shape index (κ3) is 1.97. The van der Waals surface area contributed by atoms with Crippen LogP contribution in [0.2, 0.25) is 0 Å². The molecule has 84 valence electrons. The first-order chi connectivity index (χ1) is 7.65. The van der Waals surface area contributed by atoms with Crippen LogP contribution in [0.1, 0.15) is 12.7 Å². The molecule has 0 fully saturated rings. The van der Waals surface area contributed by atoms with Gasteiger partial charge >= 0.3 is 0 Å². The highest BCUT2D eigenvalue weighted by Crippen LogP contribution is 2.28. The normalized spacial score (nSPS) is 10.7. The van der Waals surface area contributed by atoms with E-state index >= 15 is 0 Å². The van der Waals surface area contributed by atoms with Gasteiger partial charge in [-0.2, -0.15) is 0 Å². The van der Waals surface area contributed by atoms with Crippen LogP contribution in [0.4, 0.5) is 0 Å². The Bertz CT molecular complexity index is 589. The zero-order chi connectivity index (χ0) is 11.7. The fraction of sp³-hybridized carbons (Fsp3) is 0.273. The molecule has 0 amide bonds. The van der Waals surface area contributed by atoms with Crippen LogP contribution in [-0.2, 0) is 6.42 Å². The van der Waals surface area contributed by atoms with Crippen LogP contribution in [0.5, 0.6) is 5.75 Å². The zero-order valence-corrected chi connectivity index (χ0v) is 11.4. The monoisotopic (exact) mass is 298 g/mol. The minimum atomic E-state index is 0.611. The summed E-state index contributed by atoms with van der Waals surface area (Å²) in [6.45, 7) is 2.04. The Morgan fingerprint density at radius 1 is 1.50 bits per heavy atom. The highest BCUT2D eigenvalue weighted by Gasteiger charge is 2.06. The second-order valence-corrected chi connectivity index (χ2v) is 4.62. The highest BCUT2D eigenvalue weighted by molar-refractivity contribution is 9.10. The van der Waals surface area contributed by atoms with Crippen molar-refractivity contribution in [3.8, 4) is 5.75 Å². The molecule has 1 aromatic carbocycles. The molecule has 0 radical (unpaired) electrons. The standard InChI is InChI=1S/C11H11BrN2OS/c1-3-9-13-8-5-6(15-2)4-7(12)10(8)11(16)14-9/h4-5H,3H2,1-2H3,(H,13,14,16). The molecule has 0 aliphatic carbocycles. The maximum atomic E-state index is 5.27. The lowest BCUT2D eigenvalue weighted by molar-refractivity contribution is 0.415. The molecule has 3 nitrogen and oxygen atoms in total. The fourth-order valence-electron chi connectivity index (χ4n) is 1.54. The molecule has 1 aromatic heterocycles. The molecule has 1 N–H and O–H groups in total. The number of fused-ring (bicyclic) bond motifs is 1. The Labute approximate surface area is 107 Å². The van der Waals surface area contributed by atoms with Gasteiger partial charge in [-0.05, 0) is 22.0 Å². The van der Waals surface area contributed by atoms with Gasteiger partial charge in [0.05, 0.1) is 12.6 Å². The second kappa shape index (κ2) is 4.51. The molecule has 2 aromatic rings. The number of aryl methyl sites for hydroxylation is 1. The lowest BCUT2D eigenvalue weighted by atomic mass is 10.2. The summed E-state index contributed by atoms with van der Waals surface area (Å²) >= 11 is 8.75. The topological polar surface area (TPSA) is 37.9 Å². The third-order valence-corrected chi connectivity index (χ3v) is 3.28. The maximum Gasteiger partial charge on any atom is 0.138 e. The van der Waals surface area contributed by atoms with E-state index in [9.17, 15) is 0 Å². The number of nitrogens with zero attached hydrogens (tertiary/aromatic N) is 1. The first kappa shape index (κ1) is 11.5. The summed E-state index contributed by atoms with van der Waals surface area (Å²) in [6.07, 6.45) is 0.828. The molecule has 5 heteroatoms. The van der Waals surface area contributed by atoms with E-state index in [-0.39, 0.29) is 0 Å². The number of H-pyrrole nitrogens is 1. The third-order valence-electron chi connectivity index (χ3n) is 2.36. The van der Waals surface area contributed by atoms with E-state index in [0.29, 0.717) is 4.64 Å². The van der Waals surface area contributed by atoms with Gasteiger partial charge in [0.25, 0.3) is 0 Å². The average Bonchev–Trinajstić information content (AvgIpc) is 2.27. The number of methoxy groups -OCH3 is 1. The van der Waals surface area contributed by atoms with Crippen LogP contribution in [0, 0.1) is 4.64 Å². The first-order valence-electron chi connectivity index (χ1n) is 4.92. The minimum absolute atomic E-state index is 0.611. The summed E-state index contributed by atoms with van der Waals surface area (Å²) in [5, 5.41) is 0.924. The molecule has 0 aliphatic heterocycles. The summed E-state index contributed by atoms with van der Waals surface area (Å²) in [6, 6.07) is 3.82. The van der Waals surface area contributed by atoms with Crippen molar-refractivity contribution < 1.29 is 4.74 Å². The molecular formula is C11H11BrN2OS. The second-order valence-electron chi connectivity index (χ2n) is 3.37. The first-order valence-corrected chi connectivity index (χ1v) is 6.12. The predicted molar refractivity (Wildman–Crippen MR) is 70.6 cm³/mol. The van der Waals surface area contributed by atoms with Crippen LogP contribution in [0.3, 0.4) is 0 Å². The largest absolute Gasteiger partial charge is 0.497 e. The van der Waals surface area contributed by atoms with E-state index in [4.69, 9.17) is 17.0 Å². The van der Waals surface area contributed by atoms with Crippen molar-refractivity contribution in [3.63, 3.8) is 0 Å². The quantitative estimate of drug-likeness (QED) is 0.861. The summed E-state index contributed by atoms with van der Waals surface area (Å²) in [7, 11) is 1.64. The Kier molecular flexibility index (Phi) is 3.25. The van der Waals surface area contributed by atoms with Gasteiger partial charge in [0, 0.05) is 22.3 Å². The lowest BCUT2D eigenvalue weighted by Gasteiger charge is -2.07. The number of rotatable bonds is 2. The number of aromatic nitrogens is 2. The molecule has 0 saturated carbocycles. The van der Waals surface area contributed by atoms with Crippen molar-refractivity contribution in [1.82, 2.24) is 9.97 Å². The van der Waals surface area contributed by atoms with Crippen LogP contribution in [0.15, 0.2) is 16.6 Å². The summed E-state index contributed by atoms with van der Waals surface area (Å²) in [5.74, 6) is 1.68. The zero-order valence-electron chi connectivity index (χ0n) is 9.00. The van der Waals surface area contributed by atoms with Gasteiger partial charge in [-0.1, -0.05) is 19.1 Å². The van der Waals surface area contributed by atoms with Gasteiger partial charge in [-0.15, -0.1) is 0 Å². The van der Waals surface area contributed by atoms with E-state index in [2.05, 4.69) is 25.9 Å². The van der Waals surface area contributed by atoms with E-state index in [1.807, 2.05) is 19.1 Å². The van der Waals surface area contributed by atoms with Crippen molar-refractivity contribution in [2.75, 3.05) is 7.11 Å². The molecule has 0 bridgehead atoms. The van der Waals surface area contributed by atoms with Crippen molar-refractivity contribution in [2.45, 2.75) is 13.3 Å². The van der Waals surface area contributed by atoms with Crippen molar-refractivity contribution >= 4 is 39.1 Å². The molecule has 2 rings (SSSR count). The van der Waals surface area contributed by atoms with Crippen LogP contribution >= 0.6 is 28.1 Å². The fourth-order valence-corrected chi connectivity index (χ4v) is 2.63. The molecule has 0 aliphatic rings. The smallest absolute Gasteiger partial charge is 0.138 e. The molecule has 1 heterocycles. The summed E-state index contributed by atoms with van der Waals surface area (Å²) in [5.41, 5.74) is 0.947. The van der Waals surface area contributed by atoms with Gasteiger partial charge in [0.2, 0.25) is 0 Å². The van der Waals surface area contributed by atoms with Gasteiger partial charge in [0.1, 0.15) is 16.2 Å². The van der Waals surface area contributed by atoms with Crippen LogP contribution in [-0.4, -0.2) is 17.1 Å². The summed E-state index contributed by atoms with van der Waals surface area (Å²) in [4.78, 5) is 7.57. The van der Waals surface area contributed by atoms with Gasteiger partial charge in [-0.3, -0.25) is 0 Å². The molecule has 0 unspecified atom stereocenters. The molecule has 0 saturated heterocycles. The van der Waals surface area contributed by atoms with Gasteiger partial charge in [-0.25, -0.2) is 4.98 Å². The van der Waals surface area contributed by atoms with E-state index in [1.54, 1.807) is 7.11 Å². The Morgan fingerprint density at radius 2 is 2.25 bits per heavy atom. The number of benzene rings is 1. The van der Waals surface area contributed by atoms with Crippen LogP contribution < -0.4 is 4.74 Å². The molecule has 16 heavy (non-hydrogen) atoms. The molecule has 0 spiro atoms. The minimum Gasteiger partial charge on any atom is -0.497 e. The average molecular weight is 299 g/mol. The summed E-state index contributed by atoms with van der Waals surface area (Å²) < 4.78 is 6.72. The highest BCUT2D eigenvalue weighted by atomic mass is 79.9. The molecule has 0 atom stereocenters. The Morgan fingerprint density at radius 3 is 2.88 bits per heavy atom. The van der Waals surface area contributed by atoms with Crippen molar-refractivity contribution in [3.05, 3.63) is 27.1 Å². The molecular weight excluding hydrogens is 288 g/mol. The van der Waals surface area contributed by atoms with Crippen LogP contribution in [0.25, 0.3) is 10.9 Å². The van der Waals surface area contributed by atoms with E-state index in [1.165, 1.54) is 0 Å². The number of ether oxygens (including phenoxy) is 1. The number of nitrogens with one attached hydrogen (secondary N) is 1. The lowest BCUT2D eigenvalue weighted by Crippen LogP contribution is -1.95. The Balaban J connectivity index is 2.84. The van der Waals surface area contributed by atoms with Gasteiger partial charge < -0.3 is 9.72 Å². The number of hydrogen-bond acceptors (Lipinski definition) is 3. The Hall–Kier alpha value is -0.940. The SMILES string of the molecule is CCc1nc(=S)c2c(Br)cc(OC)cc2[nH]1. The van der Waals surface area contributed by atoms with Crippen molar-refractivity contribution in [2.24, 2.45) is 0 Å². The van der Waals surface area contributed by atoms with E-state index in [0.717, 1.165) is 33.4 Å². The van der Waals surface area contributed by atoms with Gasteiger partial charge in [0.15, 0.2) is 0 Å². The van der Waals surface area contributed by atoms with Crippen molar-refractivity contribution in [1.29, 1.82) is 0 Å².